The first-order valence-electron chi connectivity index (χ1n) is 8.67. The summed E-state index contributed by atoms with van der Waals surface area (Å²) in [4.78, 5) is 2.10. The lowest BCUT2D eigenvalue weighted by molar-refractivity contribution is 0.607. The van der Waals surface area contributed by atoms with E-state index in [1.807, 2.05) is 32.9 Å². The van der Waals surface area contributed by atoms with Crippen molar-refractivity contribution in [3.05, 3.63) is 45.9 Å². The van der Waals surface area contributed by atoms with Gasteiger partial charge in [0.25, 0.3) is 0 Å². The molecule has 0 unspecified atom stereocenters. The Morgan fingerprint density at radius 3 is 2.43 bits per heavy atom. The van der Waals surface area contributed by atoms with E-state index in [9.17, 15) is 13.7 Å². The van der Waals surface area contributed by atoms with Crippen molar-refractivity contribution in [3.8, 4) is 6.07 Å². The molecule has 0 bridgehead atoms. The van der Waals surface area contributed by atoms with Crippen LogP contribution in [0, 0.1) is 18.3 Å². The van der Waals surface area contributed by atoms with Gasteiger partial charge in [-0.3, -0.25) is 4.72 Å². The van der Waals surface area contributed by atoms with Crippen LogP contribution in [0.3, 0.4) is 0 Å². The summed E-state index contributed by atoms with van der Waals surface area (Å²) < 4.78 is 26.7. The molecule has 0 heterocycles. The van der Waals surface area contributed by atoms with E-state index in [2.05, 4.69) is 41.8 Å². The highest BCUT2D eigenvalue weighted by atomic mass is 79.9. The molecule has 0 aromatic heterocycles. The lowest BCUT2D eigenvalue weighted by Gasteiger charge is -2.22. The number of halogens is 1. The van der Waals surface area contributed by atoms with Crippen molar-refractivity contribution in [3.63, 3.8) is 0 Å². The molecule has 1 N–H and O–H groups in total. The Morgan fingerprint density at radius 2 is 1.86 bits per heavy atom. The number of nitrogens with one attached hydrogen (secondary N) is 1. The van der Waals surface area contributed by atoms with Gasteiger partial charge in [0.1, 0.15) is 17.4 Å². The second-order valence-corrected chi connectivity index (χ2v) is 8.81. The molecule has 0 fully saturated rings. The van der Waals surface area contributed by atoms with Gasteiger partial charge < -0.3 is 4.90 Å². The number of hydrogen-bond acceptors (Lipinski definition) is 6. The van der Waals surface area contributed by atoms with Gasteiger partial charge in [-0.1, -0.05) is 0 Å². The number of nitrogens with zero attached hydrogens (tertiary/aromatic N) is 4. The summed E-state index contributed by atoms with van der Waals surface area (Å²) in [5, 5.41) is 17.8. The molecule has 2 aromatic carbocycles. The van der Waals surface area contributed by atoms with Crippen LogP contribution < -0.4 is 9.62 Å². The third-order valence-electron chi connectivity index (χ3n) is 3.99. The maximum Gasteiger partial charge on any atom is 0.229 e. The molecular weight excluding hydrogens is 442 g/mol. The van der Waals surface area contributed by atoms with Crippen LogP contribution in [0.15, 0.2) is 45.0 Å². The molecule has 0 atom stereocenters. The minimum atomic E-state index is -3.50. The van der Waals surface area contributed by atoms with Gasteiger partial charge in [0, 0.05) is 23.2 Å². The Hall–Kier alpha value is -2.44. The summed E-state index contributed by atoms with van der Waals surface area (Å²) in [5.74, 6) is 0. The van der Waals surface area contributed by atoms with E-state index in [1.165, 1.54) is 0 Å². The van der Waals surface area contributed by atoms with E-state index in [0.29, 0.717) is 27.1 Å². The number of anilines is 2. The van der Waals surface area contributed by atoms with E-state index in [0.717, 1.165) is 30.6 Å². The molecule has 0 spiro atoms. The maximum atomic E-state index is 11.8. The predicted molar refractivity (Wildman–Crippen MR) is 116 cm³/mol. The number of benzene rings is 2. The van der Waals surface area contributed by atoms with Crippen LogP contribution >= 0.6 is 15.9 Å². The van der Waals surface area contributed by atoms with Gasteiger partial charge in [0.2, 0.25) is 10.0 Å². The van der Waals surface area contributed by atoms with Gasteiger partial charge in [0.05, 0.1) is 17.5 Å². The molecule has 0 aliphatic rings. The van der Waals surface area contributed by atoms with Gasteiger partial charge in [0.15, 0.2) is 0 Å². The zero-order valence-corrected chi connectivity index (χ0v) is 18.6. The molecule has 7 nitrogen and oxygen atoms in total. The Morgan fingerprint density at radius 1 is 1.18 bits per heavy atom. The third-order valence-corrected chi connectivity index (χ3v) is 5.19. The lowest BCUT2D eigenvalue weighted by Crippen LogP contribution is -2.22. The first-order chi connectivity index (χ1) is 13.2. The molecule has 2 aromatic rings. The second kappa shape index (κ2) is 9.17. The first-order valence-corrected chi connectivity index (χ1v) is 11.4. The van der Waals surface area contributed by atoms with E-state index in [4.69, 9.17) is 0 Å². The third kappa shape index (κ3) is 5.53. The molecule has 0 amide bonds. The lowest BCUT2D eigenvalue weighted by atomic mass is 10.1. The van der Waals surface area contributed by atoms with Crippen LogP contribution in [-0.2, 0) is 10.0 Å². The van der Waals surface area contributed by atoms with Crippen LogP contribution in [0.2, 0.25) is 0 Å². The van der Waals surface area contributed by atoms with Crippen molar-refractivity contribution in [2.24, 2.45) is 10.2 Å². The topological polar surface area (TPSA) is 97.9 Å². The summed E-state index contributed by atoms with van der Waals surface area (Å²) >= 11 is 3.41. The monoisotopic (exact) mass is 463 g/mol. The Kier molecular flexibility index (Phi) is 7.16. The highest BCUT2D eigenvalue weighted by Gasteiger charge is 2.12. The van der Waals surface area contributed by atoms with Crippen LogP contribution in [-0.4, -0.2) is 27.8 Å². The van der Waals surface area contributed by atoms with E-state index >= 15 is 0 Å². The fourth-order valence-corrected chi connectivity index (χ4v) is 3.92. The van der Waals surface area contributed by atoms with Gasteiger partial charge in [-0.25, -0.2) is 8.42 Å². The molecule has 0 saturated heterocycles. The van der Waals surface area contributed by atoms with Crippen molar-refractivity contribution in [2.75, 3.05) is 29.0 Å². The summed E-state index contributed by atoms with van der Waals surface area (Å²) in [6, 6.07) is 11.0. The summed E-state index contributed by atoms with van der Waals surface area (Å²) in [7, 11) is -3.50. The van der Waals surface area contributed by atoms with Crippen molar-refractivity contribution in [1.82, 2.24) is 0 Å². The van der Waals surface area contributed by atoms with Crippen molar-refractivity contribution >= 4 is 48.7 Å². The van der Waals surface area contributed by atoms with Gasteiger partial charge in [-0.2, -0.15) is 5.26 Å². The fourth-order valence-electron chi connectivity index (χ4n) is 2.70. The normalized spacial score (nSPS) is 11.4. The number of aryl methyl sites for hydroxylation is 1. The van der Waals surface area contributed by atoms with Crippen molar-refractivity contribution in [2.45, 2.75) is 20.8 Å². The predicted octanol–water partition coefficient (Wildman–Crippen LogP) is 5.26. The van der Waals surface area contributed by atoms with Crippen LogP contribution in [0.4, 0.5) is 22.7 Å². The minimum Gasteiger partial charge on any atom is -0.372 e. The fraction of sp³-hybridized carbons (Fsp3) is 0.316. The largest absolute Gasteiger partial charge is 0.372 e. The maximum absolute atomic E-state index is 11.8. The van der Waals surface area contributed by atoms with E-state index in [1.54, 1.807) is 18.2 Å². The Balaban J connectivity index is 2.53. The van der Waals surface area contributed by atoms with Crippen molar-refractivity contribution in [1.29, 1.82) is 5.26 Å². The van der Waals surface area contributed by atoms with Gasteiger partial charge in [-0.15, -0.1) is 10.2 Å². The molecule has 9 heteroatoms. The molecule has 0 radical (unpaired) electrons. The summed E-state index contributed by atoms with van der Waals surface area (Å²) in [6.45, 7) is 7.51. The van der Waals surface area contributed by atoms with Crippen molar-refractivity contribution < 1.29 is 8.42 Å². The average Bonchev–Trinajstić information content (AvgIpc) is 2.61. The Labute approximate surface area is 174 Å². The molecular formula is C19H22BrN5O2S. The number of hydrogen-bond donors (Lipinski definition) is 1. The van der Waals surface area contributed by atoms with Crippen LogP contribution in [0.5, 0.6) is 0 Å². The highest BCUT2D eigenvalue weighted by Crippen LogP contribution is 2.35. The first kappa shape index (κ1) is 21.9. The van der Waals surface area contributed by atoms with E-state index < -0.39 is 10.0 Å². The van der Waals surface area contributed by atoms with Crippen LogP contribution in [0.1, 0.15) is 25.0 Å². The number of sulfonamides is 1. The highest BCUT2D eigenvalue weighted by molar-refractivity contribution is 9.10. The number of rotatable bonds is 7. The second-order valence-electron chi connectivity index (χ2n) is 6.20. The summed E-state index contributed by atoms with van der Waals surface area (Å²) in [6.07, 6.45) is 1.09. The molecule has 0 aliphatic carbocycles. The zero-order valence-electron chi connectivity index (χ0n) is 16.2. The molecule has 0 saturated carbocycles. The Bertz CT molecular complexity index is 1040. The standard InChI is InChI=1S/C19H22BrN5O2S/c1-5-25(6-2)15-7-8-17(18(11-15)24-28(4,26)27)22-23-19-14(12-21)9-13(3)10-16(19)20/h7-11,24H,5-6H2,1-4H3. The molecule has 148 valence electrons. The van der Waals surface area contributed by atoms with Crippen LogP contribution in [0.25, 0.3) is 0 Å². The minimum absolute atomic E-state index is 0.331. The van der Waals surface area contributed by atoms with E-state index in [-0.39, 0.29) is 0 Å². The van der Waals surface area contributed by atoms with Gasteiger partial charge in [-0.05, 0) is 72.6 Å². The summed E-state index contributed by atoms with van der Waals surface area (Å²) in [5.41, 5.74) is 3.27. The zero-order chi connectivity index (χ0) is 20.9. The molecule has 0 aliphatic heterocycles. The smallest absolute Gasteiger partial charge is 0.229 e. The SMILES string of the molecule is CCN(CC)c1ccc(N=Nc2c(Br)cc(C)cc2C#N)c(NS(C)(=O)=O)c1. The number of nitriles is 1. The number of azo groups is 1. The van der Waals surface area contributed by atoms with Gasteiger partial charge >= 0.3 is 0 Å². The molecule has 28 heavy (non-hydrogen) atoms. The molecule has 2 rings (SSSR count). The average molecular weight is 464 g/mol. The quantitative estimate of drug-likeness (QED) is 0.565.